The topological polar surface area (TPSA) is 42.7 Å². The van der Waals surface area contributed by atoms with Crippen LogP contribution in [0, 0.1) is 6.92 Å². The Hall–Kier alpha value is -1.33. The third kappa shape index (κ3) is 3.58. The van der Waals surface area contributed by atoms with E-state index in [1.807, 2.05) is 24.9 Å². The molecule has 2 rings (SSSR count). The fourth-order valence-corrected chi connectivity index (χ4v) is 2.78. The number of rotatable bonds is 5. The molecule has 19 heavy (non-hydrogen) atoms. The van der Waals surface area contributed by atoms with Gasteiger partial charge in [0.05, 0.1) is 5.69 Å². The summed E-state index contributed by atoms with van der Waals surface area (Å²) in [6.45, 7) is 7.22. The Morgan fingerprint density at radius 3 is 2.74 bits per heavy atom. The van der Waals surface area contributed by atoms with Gasteiger partial charge in [-0.1, -0.05) is 24.8 Å². The maximum atomic E-state index is 4.51. The zero-order valence-corrected chi connectivity index (χ0v) is 12.7. The Morgan fingerprint density at radius 2 is 2.21 bits per heavy atom. The van der Waals surface area contributed by atoms with Crippen molar-refractivity contribution in [3.05, 3.63) is 35.7 Å². The molecule has 0 fully saturated rings. The average Bonchev–Trinajstić information content (AvgIpc) is 2.69. The zero-order valence-electron chi connectivity index (χ0n) is 11.8. The molecule has 4 nitrogen and oxygen atoms in total. The fourth-order valence-electron chi connectivity index (χ4n) is 1.92. The maximum absolute atomic E-state index is 4.51. The van der Waals surface area contributed by atoms with Crippen LogP contribution in [-0.4, -0.2) is 21.3 Å². The van der Waals surface area contributed by atoms with Gasteiger partial charge < -0.3 is 5.32 Å². The first-order valence-corrected chi connectivity index (χ1v) is 7.29. The lowest BCUT2D eigenvalue weighted by Gasteiger charge is -2.12. The molecule has 2 aromatic heterocycles. The van der Waals surface area contributed by atoms with Crippen molar-refractivity contribution in [2.24, 2.45) is 7.05 Å². The van der Waals surface area contributed by atoms with Gasteiger partial charge in [0.25, 0.3) is 0 Å². The minimum atomic E-state index is 0.343. The molecule has 0 saturated heterocycles. The van der Waals surface area contributed by atoms with E-state index in [-0.39, 0.29) is 0 Å². The van der Waals surface area contributed by atoms with Crippen molar-refractivity contribution in [1.82, 2.24) is 20.1 Å². The van der Waals surface area contributed by atoms with E-state index in [9.17, 15) is 0 Å². The molecule has 0 amide bonds. The van der Waals surface area contributed by atoms with Crippen LogP contribution in [0.25, 0.3) is 0 Å². The van der Waals surface area contributed by atoms with Crippen LogP contribution in [0.2, 0.25) is 0 Å². The second kappa shape index (κ2) is 6.21. The van der Waals surface area contributed by atoms with Crippen LogP contribution in [0.4, 0.5) is 0 Å². The molecule has 0 aromatic carbocycles. The van der Waals surface area contributed by atoms with Gasteiger partial charge in [-0.25, -0.2) is 4.98 Å². The lowest BCUT2D eigenvalue weighted by atomic mass is 10.1. The van der Waals surface area contributed by atoms with E-state index >= 15 is 0 Å². The Bertz CT molecular complexity index is 533. The molecule has 2 heterocycles. The summed E-state index contributed by atoms with van der Waals surface area (Å²) < 4.78 is 1.89. The summed E-state index contributed by atoms with van der Waals surface area (Å²) in [6.07, 6.45) is 1.94. The molecule has 0 spiro atoms. The van der Waals surface area contributed by atoms with Gasteiger partial charge in [0.1, 0.15) is 10.1 Å². The molecule has 5 heteroatoms. The third-order valence-electron chi connectivity index (χ3n) is 2.94. The molecule has 1 N–H and O–H groups in total. The standard InChI is InChI=1S/C14H20N4S/c1-5-15-11(3)12-6-7-13(16-9-12)19-14-8-10(2)17-18(14)4/h6-9,11,15H,5H2,1-4H3. The fraction of sp³-hybridized carbons (Fsp3) is 0.429. The minimum absolute atomic E-state index is 0.343. The van der Waals surface area contributed by atoms with Crippen LogP contribution in [0.15, 0.2) is 34.4 Å². The second-order valence-electron chi connectivity index (χ2n) is 4.56. The lowest BCUT2D eigenvalue weighted by Crippen LogP contribution is -2.17. The molecule has 2 aromatic rings. The summed E-state index contributed by atoms with van der Waals surface area (Å²) in [4.78, 5) is 4.51. The molecule has 0 bridgehead atoms. The molecule has 1 atom stereocenters. The van der Waals surface area contributed by atoms with Crippen molar-refractivity contribution < 1.29 is 0 Å². The molecule has 1 unspecified atom stereocenters. The number of aryl methyl sites for hydroxylation is 2. The Kier molecular flexibility index (Phi) is 4.61. The molecule has 0 aliphatic heterocycles. The van der Waals surface area contributed by atoms with E-state index in [0.717, 1.165) is 22.3 Å². The number of hydrogen-bond donors (Lipinski definition) is 1. The van der Waals surface area contributed by atoms with E-state index in [2.05, 4.69) is 47.4 Å². The quantitative estimate of drug-likeness (QED) is 0.912. The summed E-state index contributed by atoms with van der Waals surface area (Å²) in [5.41, 5.74) is 2.25. The van der Waals surface area contributed by atoms with E-state index in [4.69, 9.17) is 0 Å². The average molecular weight is 276 g/mol. The lowest BCUT2D eigenvalue weighted by molar-refractivity contribution is 0.595. The van der Waals surface area contributed by atoms with Gasteiger partial charge in [-0.2, -0.15) is 5.10 Å². The zero-order chi connectivity index (χ0) is 13.8. The molecule has 0 radical (unpaired) electrons. The van der Waals surface area contributed by atoms with Gasteiger partial charge in [0, 0.05) is 19.3 Å². The molecular weight excluding hydrogens is 256 g/mol. The summed E-state index contributed by atoms with van der Waals surface area (Å²) in [7, 11) is 1.96. The second-order valence-corrected chi connectivity index (χ2v) is 5.60. The predicted octanol–water partition coefficient (Wildman–Crippen LogP) is 2.95. The van der Waals surface area contributed by atoms with Gasteiger partial charge in [-0.3, -0.25) is 4.68 Å². The van der Waals surface area contributed by atoms with Crippen molar-refractivity contribution in [3.8, 4) is 0 Å². The highest BCUT2D eigenvalue weighted by molar-refractivity contribution is 7.99. The Balaban J connectivity index is 2.08. The molecule has 0 aliphatic carbocycles. The highest BCUT2D eigenvalue weighted by Crippen LogP contribution is 2.26. The van der Waals surface area contributed by atoms with Crippen molar-refractivity contribution in [2.45, 2.75) is 36.9 Å². The van der Waals surface area contributed by atoms with E-state index in [0.29, 0.717) is 6.04 Å². The van der Waals surface area contributed by atoms with Crippen molar-refractivity contribution in [2.75, 3.05) is 6.54 Å². The SMILES string of the molecule is CCNC(C)c1ccc(Sc2cc(C)nn2C)nc1. The number of nitrogens with zero attached hydrogens (tertiary/aromatic N) is 3. The normalized spacial score (nSPS) is 12.6. The number of aromatic nitrogens is 3. The van der Waals surface area contributed by atoms with Gasteiger partial charge in [0.2, 0.25) is 0 Å². The predicted molar refractivity (Wildman–Crippen MR) is 78.4 cm³/mol. The summed E-state index contributed by atoms with van der Waals surface area (Å²) in [6, 6.07) is 6.61. The molecule has 0 aliphatic rings. The summed E-state index contributed by atoms with van der Waals surface area (Å²) in [5, 5.41) is 9.82. The van der Waals surface area contributed by atoms with Gasteiger partial charge >= 0.3 is 0 Å². The van der Waals surface area contributed by atoms with E-state index in [1.54, 1.807) is 11.8 Å². The van der Waals surface area contributed by atoms with Crippen LogP contribution < -0.4 is 5.32 Å². The molecule has 102 valence electrons. The first kappa shape index (κ1) is 14.1. The molecular formula is C14H20N4S. The Morgan fingerprint density at radius 1 is 1.42 bits per heavy atom. The van der Waals surface area contributed by atoms with Crippen LogP contribution in [0.1, 0.15) is 31.1 Å². The third-order valence-corrected chi connectivity index (χ3v) is 3.98. The van der Waals surface area contributed by atoms with Crippen LogP contribution in [0.3, 0.4) is 0 Å². The van der Waals surface area contributed by atoms with Gasteiger partial charge in [-0.05, 0) is 38.1 Å². The van der Waals surface area contributed by atoms with Crippen LogP contribution >= 0.6 is 11.8 Å². The number of nitrogens with one attached hydrogen (secondary N) is 1. The number of hydrogen-bond acceptors (Lipinski definition) is 4. The van der Waals surface area contributed by atoms with Crippen molar-refractivity contribution in [3.63, 3.8) is 0 Å². The number of pyridine rings is 1. The van der Waals surface area contributed by atoms with E-state index < -0.39 is 0 Å². The smallest absolute Gasteiger partial charge is 0.102 e. The van der Waals surface area contributed by atoms with Gasteiger partial charge in [-0.15, -0.1) is 0 Å². The first-order valence-electron chi connectivity index (χ1n) is 6.48. The highest BCUT2D eigenvalue weighted by Gasteiger charge is 2.07. The van der Waals surface area contributed by atoms with Crippen molar-refractivity contribution in [1.29, 1.82) is 0 Å². The van der Waals surface area contributed by atoms with Crippen LogP contribution in [-0.2, 0) is 7.05 Å². The summed E-state index contributed by atoms with van der Waals surface area (Å²) in [5.74, 6) is 0. The van der Waals surface area contributed by atoms with Crippen LogP contribution in [0.5, 0.6) is 0 Å². The van der Waals surface area contributed by atoms with Gasteiger partial charge in [0.15, 0.2) is 0 Å². The highest BCUT2D eigenvalue weighted by atomic mass is 32.2. The summed E-state index contributed by atoms with van der Waals surface area (Å²) >= 11 is 1.64. The Labute approximate surface area is 118 Å². The first-order chi connectivity index (χ1) is 9.10. The maximum Gasteiger partial charge on any atom is 0.102 e. The molecule has 0 saturated carbocycles. The minimum Gasteiger partial charge on any atom is -0.310 e. The van der Waals surface area contributed by atoms with Crippen molar-refractivity contribution >= 4 is 11.8 Å². The monoisotopic (exact) mass is 276 g/mol. The van der Waals surface area contributed by atoms with E-state index in [1.165, 1.54) is 5.56 Å². The largest absolute Gasteiger partial charge is 0.310 e.